The molecule has 0 aromatic heterocycles. The van der Waals surface area contributed by atoms with E-state index < -0.39 is 3.68 Å². The van der Waals surface area contributed by atoms with Crippen LogP contribution in [0, 0.1) is 23.2 Å². The van der Waals surface area contributed by atoms with E-state index in [1.165, 1.54) is 30.4 Å². The fraction of sp³-hybridized carbons (Fsp3) is 0.750. The number of alkyl halides is 2. The Labute approximate surface area is 185 Å². The van der Waals surface area contributed by atoms with Gasteiger partial charge in [-0.1, -0.05) is 43.2 Å². The van der Waals surface area contributed by atoms with E-state index in [1.54, 1.807) is 13.0 Å². The van der Waals surface area contributed by atoms with Crippen LogP contribution in [0.25, 0.3) is 0 Å². The minimum atomic E-state index is -1.29. The van der Waals surface area contributed by atoms with Gasteiger partial charge in [-0.15, -0.1) is 0 Å². The summed E-state index contributed by atoms with van der Waals surface area (Å²) in [5, 5.41) is 3.80. The van der Waals surface area contributed by atoms with Crippen molar-refractivity contribution in [2.24, 2.45) is 23.2 Å². The van der Waals surface area contributed by atoms with Crippen molar-refractivity contribution in [2.45, 2.75) is 69.1 Å². The molecule has 3 rings (SSSR count). The van der Waals surface area contributed by atoms with E-state index in [0.29, 0.717) is 12.0 Å². The number of nitrogens with one attached hydrogen (secondary N) is 1. The molecule has 2 aliphatic carbocycles. The van der Waals surface area contributed by atoms with Crippen LogP contribution in [0.2, 0.25) is 0 Å². The molecule has 158 valence electrons. The quantitative estimate of drug-likeness (QED) is 0.212. The molecule has 0 saturated heterocycles. The third kappa shape index (κ3) is 3.78. The number of fused-ring (bicyclic) bond motifs is 1. The third-order valence-electron chi connectivity index (χ3n) is 8.22. The summed E-state index contributed by atoms with van der Waals surface area (Å²) in [4.78, 5) is 2.54. The lowest BCUT2D eigenvalue weighted by Crippen LogP contribution is -2.72. The smallest absolute Gasteiger partial charge is 0.176 e. The van der Waals surface area contributed by atoms with E-state index in [2.05, 4.69) is 64.2 Å². The predicted molar refractivity (Wildman–Crippen MR) is 126 cm³/mol. The monoisotopic (exact) mass is 500 g/mol. The second kappa shape index (κ2) is 7.81. The maximum atomic E-state index is 13.8. The molecule has 2 nitrogen and oxygen atoms in total. The molecule has 7 atom stereocenters. The Balaban J connectivity index is 1.95. The molecule has 28 heavy (non-hydrogen) atoms. The first-order valence-corrected chi connectivity index (χ1v) is 11.9. The standard InChI is InChI=1S/C24H38FIN2/c1-16(9-8-10-22(5,25)26)18(3)20-14-23(21-13-17(21)2)11-12-24(23,27-6)19(4)28(7)15-20/h8-10,14,17-19,21,27H,11-13,15H2,1-7H3/b10-8+,16-9-/t17?,18?,19?,21?,22?,23?,24-/m0/s1. The highest BCUT2D eigenvalue weighted by molar-refractivity contribution is 14.1. The van der Waals surface area contributed by atoms with Crippen molar-refractivity contribution in [3.63, 3.8) is 0 Å². The van der Waals surface area contributed by atoms with E-state index in [9.17, 15) is 4.39 Å². The number of rotatable bonds is 6. The number of hydrogen-bond acceptors (Lipinski definition) is 2. The number of hydrogen-bond donors (Lipinski definition) is 1. The van der Waals surface area contributed by atoms with Crippen LogP contribution in [-0.4, -0.2) is 40.8 Å². The first-order chi connectivity index (χ1) is 13.0. The summed E-state index contributed by atoms with van der Waals surface area (Å²) in [5.74, 6) is 2.01. The van der Waals surface area contributed by atoms with Gasteiger partial charge in [-0.3, -0.25) is 4.90 Å². The summed E-state index contributed by atoms with van der Waals surface area (Å²) in [6, 6.07) is 0.510. The van der Waals surface area contributed by atoms with E-state index in [0.717, 1.165) is 18.4 Å². The molecule has 0 amide bonds. The molecule has 1 aliphatic heterocycles. The van der Waals surface area contributed by atoms with Crippen molar-refractivity contribution >= 4 is 22.6 Å². The summed E-state index contributed by atoms with van der Waals surface area (Å²) < 4.78 is 12.5. The van der Waals surface area contributed by atoms with Crippen molar-refractivity contribution in [2.75, 3.05) is 20.6 Å². The molecule has 2 fully saturated rings. The van der Waals surface area contributed by atoms with Gasteiger partial charge in [-0.2, -0.15) is 0 Å². The van der Waals surface area contributed by atoms with Crippen LogP contribution in [0.3, 0.4) is 0 Å². The average molecular weight is 500 g/mol. The summed E-state index contributed by atoms with van der Waals surface area (Å²) in [6.45, 7) is 11.9. The molecule has 2 saturated carbocycles. The Morgan fingerprint density at radius 3 is 2.54 bits per heavy atom. The van der Waals surface area contributed by atoms with Gasteiger partial charge >= 0.3 is 0 Å². The van der Waals surface area contributed by atoms with Crippen molar-refractivity contribution < 1.29 is 4.39 Å². The van der Waals surface area contributed by atoms with Crippen molar-refractivity contribution in [3.05, 3.63) is 35.5 Å². The summed E-state index contributed by atoms with van der Waals surface area (Å²) >= 11 is 1.82. The largest absolute Gasteiger partial charge is 0.312 e. The summed E-state index contributed by atoms with van der Waals surface area (Å²) in [5.41, 5.74) is 3.31. The van der Waals surface area contributed by atoms with Crippen LogP contribution in [0.1, 0.15) is 53.9 Å². The minimum Gasteiger partial charge on any atom is -0.312 e. The SMILES string of the molecule is CN[C@]12CCC1(C1CC1C)C=C(C(C)/C(C)=C\C=C\C(C)(F)I)CN(C)C2C. The predicted octanol–water partition coefficient (Wildman–Crippen LogP) is 5.90. The van der Waals surface area contributed by atoms with Gasteiger partial charge in [0.15, 0.2) is 3.68 Å². The zero-order chi connectivity index (χ0) is 20.9. The lowest BCUT2D eigenvalue weighted by atomic mass is 9.49. The summed E-state index contributed by atoms with van der Waals surface area (Å²) in [7, 11) is 4.44. The molecule has 0 spiro atoms. The van der Waals surface area contributed by atoms with Crippen LogP contribution < -0.4 is 5.32 Å². The highest BCUT2D eigenvalue weighted by Crippen LogP contribution is 2.67. The van der Waals surface area contributed by atoms with Gasteiger partial charge in [-0.05, 0) is 101 Å². The molecule has 3 aliphatic rings. The van der Waals surface area contributed by atoms with Gasteiger partial charge < -0.3 is 5.32 Å². The molecule has 0 aromatic carbocycles. The fourth-order valence-electron chi connectivity index (χ4n) is 5.96. The van der Waals surface area contributed by atoms with E-state index in [4.69, 9.17) is 0 Å². The van der Waals surface area contributed by atoms with Crippen LogP contribution in [0.4, 0.5) is 4.39 Å². The van der Waals surface area contributed by atoms with E-state index in [-0.39, 0.29) is 11.0 Å². The number of halogens is 2. The summed E-state index contributed by atoms with van der Waals surface area (Å²) in [6.07, 6.45) is 12.2. The molecule has 1 heterocycles. The van der Waals surface area contributed by atoms with Crippen molar-refractivity contribution in [1.82, 2.24) is 10.2 Å². The Kier molecular flexibility index (Phi) is 6.27. The molecule has 0 aromatic rings. The van der Waals surface area contributed by atoms with Crippen LogP contribution in [-0.2, 0) is 0 Å². The van der Waals surface area contributed by atoms with Crippen molar-refractivity contribution in [3.8, 4) is 0 Å². The normalized spacial score (nSPS) is 42.2. The number of allylic oxidation sites excluding steroid dienone is 4. The molecular weight excluding hydrogens is 462 g/mol. The Bertz CT molecular complexity index is 687. The van der Waals surface area contributed by atoms with Gasteiger partial charge in [0, 0.05) is 23.5 Å². The highest BCUT2D eigenvalue weighted by atomic mass is 127. The zero-order valence-electron chi connectivity index (χ0n) is 18.7. The van der Waals surface area contributed by atoms with Gasteiger partial charge in [0.1, 0.15) is 0 Å². The molecule has 4 heteroatoms. The van der Waals surface area contributed by atoms with Crippen LogP contribution in [0.15, 0.2) is 35.5 Å². The van der Waals surface area contributed by atoms with Crippen LogP contribution >= 0.6 is 22.6 Å². The average Bonchev–Trinajstić information content (AvgIpc) is 3.32. The Morgan fingerprint density at radius 1 is 1.43 bits per heavy atom. The first-order valence-electron chi connectivity index (χ1n) is 10.8. The van der Waals surface area contributed by atoms with E-state index >= 15 is 0 Å². The Hall–Kier alpha value is -0.200. The topological polar surface area (TPSA) is 15.3 Å². The van der Waals surface area contributed by atoms with E-state index in [1.807, 2.05) is 28.7 Å². The van der Waals surface area contributed by atoms with Gasteiger partial charge in [-0.25, -0.2) is 4.39 Å². The van der Waals surface area contributed by atoms with Crippen LogP contribution in [0.5, 0.6) is 0 Å². The lowest BCUT2D eigenvalue weighted by Gasteiger charge is -2.62. The second-order valence-electron chi connectivity index (χ2n) is 9.84. The molecule has 0 bridgehead atoms. The maximum absolute atomic E-state index is 13.8. The fourth-order valence-corrected chi connectivity index (χ4v) is 6.16. The molecule has 1 N–H and O–H groups in total. The van der Waals surface area contributed by atoms with Gasteiger partial charge in [0.2, 0.25) is 0 Å². The Morgan fingerprint density at radius 2 is 2.07 bits per heavy atom. The minimum absolute atomic E-state index is 0.188. The van der Waals surface area contributed by atoms with Crippen molar-refractivity contribution in [1.29, 1.82) is 0 Å². The molecule has 6 unspecified atom stereocenters. The number of nitrogens with zero attached hydrogens (tertiary/aromatic N) is 1. The molecule has 0 radical (unpaired) electrons. The lowest BCUT2D eigenvalue weighted by molar-refractivity contribution is -0.0541. The first kappa shape index (κ1) is 22.5. The zero-order valence-corrected chi connectivity index (χ0v) is 20.8. The van der Waals surface area contributed by atoms with Gasteiger partial charge in [0.05, 0.1) is 0 Å². The van der Waals surface area contributed by atoms with Gasteiger partial charge in [0.25, 0.3) is 0 Å². The highest BCUT2D eigenvalue weighted by Gasteiger charge is 2.68. The third-order valence-corrected chi connectivity index (χ3v) is 8.58. The second-order valence-corrected chi connectivity index (χ2v) is 11.9. The molecular formula is C24H38FIN2. The maximum Gasteiger partial charge on any atom is 0.176 e. The number of likely N-dealkylation sites (N-methyl/N-ethyl adjacent to an activating group) is 2.